The van der Waals surface area contributed by atoms with Gasteiger partial charge in [0.1, 0.15) is 5.82 Å². The number of aliphatic hydroxyl groups excluding tert-OH is 1. The molecule has 0 saturated heterocycles. The molecule has 3 N–H and O–H groups in total. The molecular weight excluding hydrogens is 298 g/mol. The zero-order chi connectivity index (χ0) is 15.1. The predicted molar refractivity (Wildman–Crippen MR) is 66.7 cm³/mol. The molecule has 0 spiro atoms. The van der Waals surface area contributed by atoms with Gasteiger partial charge in [0.15, 0.2) is 0 Å². The smallest absolute Gasteiger partial charge is 0.391 e. The second kappa shape index (κ2) is 5.50. The van der Waals surface area contributed by atoms with Crippen molar-refractivity contribution in [3.05, 3.63) is 34.1 Å². The first kappa shape index (κ1) is 15.5. The van der Waals surface area contributed by atoms with Crippen LogP contribution in [-0.2, 0) is 6.18 Å². The molecule has 2 atom stereocenters. The van der Waals surface area contributed by atoms with Gasteiger partial charge in [-0.3, -0.25) is 0 Å². The molecule has 1 saturated carbocycles. The quantitative estimate of drug-likeness (QED) is 0.837. The maximum Gasteiger partial charge on any atom is 0.416 e. The normalized spacial score (nSPS) is 19.6. The summed E-state index contributed by atoms with van der Waals surface area (Å²) in [5, 5.41) is 9.55. The van der Waals surface area contributed by atoms with Gasteiger partial charge in [-0.15, -0.1) is 0 Å². The molecular formula is C13H14ClF4NO. The molecule has 2 nitrogen and oxygen atoms in total. The molecule has 1 fully saturated rings. The topological polar surface area (TPSA) is 46.2 Å². The molecule has 20 heavy (non-hydrogen) atoms. The first-order chi connectivity index (χ1) is 9.23. The van der Waals surface area contributed by atoms with Gasteiger partial charge in [0.25, 0.3) is 0 Å². The van der Waals surface area contributed by atoms with Crippen molar-refractivity contribution in [1.29, 1.82) is 0 Å². The summed E-state index contributed by atoms with van der Waals surface area (Å²) < 4.78 is 52.8. The van der Waals surface area contributed by atoms with Crippen LogP contribution >= 0.6 is 11.6 Å². The molecule has 1 aromatic carbocycles. The average molecular weight is 312 g/mol. The van der Waals surface area contributed by atoms with Crippen LogP contribution in [-0.4, -0.2) is 11.2 Å². The van der Waals surface area contributed by atoms with Crippen LogP contribution in [0.3, 0.4) is 0 Å². The van der Waals surface area contributed by atoms with Crippen molar-refractivity contribution < 1.29 is 22.7 Å². The molecule has 0 aromatic heterocycles. The lowest BCUT2D eigenvalue weighted by molar-refractivity contribution is -0.139. The van der Waals surface area contributed by atoms with Crippen LogP contribution in [0, 0.1) is 11.7 Å². The van der Waals surface area contributed by atoms with Gasteiger partial charge in [-0.1, -0.05) is 18.0 Å². The van der Waals surface area contributed by atoms with E-state index in [0.29, 0.717) is 18.9 Å². The Labute approximate surface area is 118 Å². The maximum atomic E-state index is 14.0. The number of alkyl halides is 3. The van der Waals surface area contributed by atoms with E-state index in [0.717, 1.165) is 12.5 Å². The second-order valence-corrected chi connectivity index (χ2v) is 5.43. The lowest BCUT2D eigenvalue weighted by Crippen LogP contribution is -2.38. The highest BCUT2D eigenvalue weighted by atomic mass is 35.5. The minimum atomic E-state index is -4.75. The van der Waals surface area contributed by atoms with Gasteiger partial charge in [0, 0.05) is 5.56 Å². The highest BCUT2D eigenvalue weighted by Gasteiger charge is 2.40. The third kappa shape index (κ3) is 2.77. The van der Waals surface area contributed by atoms with E-state index in [4.69, 9.17) is 17.3 Å². The van der Waals surface area contributed by atoms with Crippen LogP contribution in [0.1, 0.15) is 36.4 Å². The molecule has 0 heterocycles. The number of rotatable bonds is 3. The van der Waals surface area contributed by atoms with Gasteiger partial charge >= 0.3 is 6.18 Å². The minimum absolute atomic E-state index is 0.190. The summed E-state index contributed by atoms with van der Waals surface area (Å²) in [5.74, 6) is -1.41. The Balaban J connectivity index is 2.44. The van der Waals surface area contributed by atoms with Crippen molar-refractivity contribution in [2.24, 2.45) is 11.7 Å². The first-order valence-electron chi connectivity index (χ1n) is 6.22. The molecule has 2 rings (SSSR count). The van der Waals surface area contributed by atoms with Gasteiger partial charge < -0.3 is 10.8 Å². The molecule has 112 valence electrons. The van der Waals surface area contributed by atoms with E-state index in [-0.39, 0.29) is 5.92 Å². The van der Waals surface area contributed by atoms with Crippen LogP contribution in [0.5, 0.6) is 0 Å². The molecule has 1 aromatic rings. The van der Waals surface area contributed by atoms with E-state index in [1.54, 1.807) is 0 Å². The van der Waals surface area contributed by atoms with E-state index >= 15 is 0 Å². The summed E-state index contributed by atoms with van der Waals surface area (Å²) in [5.41, 5.74) is 3.72. The van der Waals surface area contributed by atoms with Gasteiger partial charge in [0.05, 0.1) is 22.7 Å². The zero-order valence-electron chi connectivity index (χ0n) is 10.4. The van der Waals surface area contributed by atoms with Crippen LogP contribution in [0.25, 0.3) is 0 Å². The molecule has 1 aliphatic carbocycles. The fraction of sp³-hybridized carbons (Fsp3) is 0.538. The maximum absolute atomic E-state index is 14.0. The minimum Gasteiger partial charge on any atom is -0.391 e. The highest BCUT2D eigenvalue weighted by Crippen LogP contribution is 2.41. The van der Waals surface area contributed by atoms with Crippen molar-refractivity contribution in [2.75, 3.05) is 0 Å². The Kier molecular flexibility index (Phi) is 4.27. The van der Waals surface area contributed by atoms with Gasteiger partial charge in [-0.05, 0) is 30.9 Å². The number of benzene rings is 1. The number of nitrogens with two attached hydrogens (primary N) is 1. The Morgan fingerprint density at radius 3 is 2.35 bits per heavy atom. The Morgan fingerprint density at radius 1 is 1.30 bits per heavy atom. The van der Waals surface area contributed by atoms with E-state index in [2.05, 4.69) is 0 Å². The Hall–Kier alpha value is -0.850. The average Bonchev–Trinajstić information content (AvgIpc) is 2.27. The number of hydrogen-bond acceptors (Lipinski definition) is 2. The molecule has 0 radical (unpaired) electrons. The number of halogens is 5. The summed E-state index contributed by atoms with van der Waals surface area (Å²) in [4.78, 5) is 0. The third-order valence-corrected chi connectivity index (χ3v) is 4.06. The Morgan fingerprint density at radius 2 is 1.90 bits per heavy atom. The number of aliphatic hydroxyl groups is 1. The van der Waals surface area contributed by atoms with Crippen molar-refractivity contribution >= 4 is 11.6 Å². The lowest BCUT2D eigenvalue weighted by Gasteiger charge is -2.34. The first-order valence-corrected chi connectivity index (χ1v) is 6.60. The van der Waals surface area contributed by atoms with E-state index in [1.807, 2.05) is 0 Å². The standard InChI is InChI=1S/C13H14ClF4NO/c14-8-5-4-7(13(16,17)18)9(10(8)15)11(19)12(20)6-2-1-3-6/h4-6,11-12,20H,1-3,19H2/t11-,12+/m1/s1. The molecule has 0 amide bonds. The van der Waals surface area contributed by atoms with E-state index < -0.39 is 40.3 Å². The van der Waals surface area contributed by atoms with Crippen molar-refractivity contribution in [1.82, 2.24) is 0 Å². The monoisotopic (exact) mass is 311 g/mol. The summed E-state index contributed by atoms with van der Waals surface area (Å²) in [6.45, 7) is 0. The van der Waals surface area contributed by atoms with E-state index in [9.17, 15) is 22.7 Å². The van der Waals surface area contributed by atoms with Crippen molar-refractivity contribution in [3.63, 3.8) is 0 Å². The largest absolute Gasteiger partial charge is 0.416 e. The van der Waals surface area contributed by atoms with E-state index in [1.165, 1.54) is 0 Å². The van der Waals surface area contributed by atoms with Crippen LogP contribution in [0.2, 0.25) is 5.02 Å². The SMILES string of the molecule is N[C@H](c1c(C(F)(F)F)ccc(Cl)c1F)[C@@H](O)C1CCC1. The van der Waals surface area contributed by atoms with Crippen LogP contribution in [0.4, 0.5) is 17.6 Å². The fourth-order valence-electron chi connectivity index (χ4n) is 2.38. The summed E-state index contributed by atoms with van der Waals surface area (Å²) >= 11 is 5.53. The van der Waals surface area contributed by atoms with Crippen LogP contribution in [0.15, 0.2) is 12.1 Å². The fourth-order valence-corrected chi connectivity index (χ4v) is 2.55. The predicted octanol–water partition coefficient (Wildman–Crippen LogP) is 3.66. The molecule has 1 aliphatic rings. The van der Waals surface area contributed by atoms with Gasteiger partial charge in [0.2, 0.25) is 0 Å². The zero-order valence-corrected chi connectivity index (χ0v) is 11.2. The Bertz CT molecular complexity index is 502. The number of hydrogen-bond donors (Lipinski definition) is 2. The molecule has 0 unspecified atom stereocenters. The molecule has 0 bridgehead atoms. The van der Waals surface area contributed by atoms with Gasteiger partial charge in [-0.2, -0.15) is 13.2 Å². The second-order valence-electron chi connectivity index (χ2n) is 5.03. The third-order valence-electron chi connectivity index (χ3n) is 3.77. The highest BCUT2D eigenvalue weighted by molar-refractivity contribution is 6.30. The van der Waals surface area contributed by atoms with Crippen molar-refractivity contribution in [2.45, 2.75) is 37.6 Å². The molecule has 7 heteroatoms. The summed E-state index contributed by atoms with van der Waals surface area (Å²) in [6, 6.07) is 0.0790. The lowest BCUT2D eigenvalue weighted by atomic mass is 9.77. The summed E-state index contributed by atoms with van der Waals surface area (Å²) in [6.07, 6.45) is -3.72. The molecule has 0 aliphatic heterocycles. The van der Waals surface area contributed by atoms with Crippen LogP contribution < -0.4 is 5.73 Å². The summed E-state index contributed by atoms with van der Waals surface area (Å²) in [7, 11) is 0. The van der Waals surface area contributed by atoms with Crippen molar-refractivity contribution in [3.8, 4) is 0 Å². The van der Waals surface area contributed by atoms with Gasteiger partial charge in [-0.25, -0.2) is 4.39 Å².